The zero-order valence-electron chi connectivity index (χ0n) is 17.9. The van der Waals surface area contributed by atoms with Crippen molar-refractivity contribution in [3.8, 4) is 22.8 Å². The third-order valence-corrected chi connectivity index (χ3v) is 6.52. The summed E-state index contributed by atoms with van der Waals surface area (Å²) in [5, 5.41) is 14.0. The van der Waals surface area contributed by atoms with E-state index in [1.807, 2.05) is 13.8 Å². The molecule has 0 spiro atoms. The van der Waals surface area contributed by atoms with Crippen LogP contribution >= 0.6 is 0 Å². The average molecular weight is 411 g/mol. The maximum Gasteiger partial charge on any atom is 0.219 e. The van der Waals surface area contributed by atoms with E-state index in [2.05, 4.69) is 22.0 Å². The molecule has 30 heavy (non-hydrogen) atoms. The van der Waals surface area contributed by atoms with Crippen LogP contribution in [0.15, 0.2) is 11.2 Å². The summed E-state index contributed by atoms with van der Waals surface area (Å²) in [6.45, 7) is 10.0. The van der Waals surface area contributed by atoms with Crippen molar-refractivity contribution in [1.29, 1.82) is 0 Å². The minimum atomic E-state index is -0.298. The molecule has 1 aliphatic heterocycles. The lowest BCUT2D eigenvalue weighted by molar-refractivity contribution is 0.269. The Balaban J connectivity index is 2.17. The Morgan fingerprint density at radius 3 is 2.60 bits per heavy atom. The number of likely N-dealkylation sites (N-methyl/N-ethyl adjacent to an activating group) is 1. The summed E-state index contributed by atoms with van der Waals surface area (Å²) in [4.78, 5) is 16.8. The number of benzene rings is 2. The first-order valence-electron chi connectivity index (χ1n) is 10.1. The van der Waals surface area contributed by atoms with Gasteiger partial charge in [-0.3, -0.25) is 4.90 Å². The topological polar surface area (TPSA) is 77.9 Å². The van der Waals surface area contributed by atoms with E-state index in [-0.39, 0.29) is 17.4 Å². The molecule has 2 heterocycles. The fourth-order valence-corrected chi connectivity index (χ4v) is 4.77. The highest BCUT2D eigenvalue weighted by Crippen LogP contribution is 2.48. The van der Waals surface area contributed by atoms with Crippen LogP contribution in [0.1, 0.15) is 34.7 Å². The molecule has 0 radical (unpaired) electrons. The SMILES string of the molecule is CCN1CCc2c(-c3cc(F)c(C)c(C)c3OC)c(C)c3c(N=O)c(O)[nH]c3c2C1. The molecule has 0 amide bonds. The molecule has 4 rings (SSSR count). The quantitative estimate of drug-likeness (QED) is 0.564. The van der Waals surface area contributed by atoms with E-state index in [0.717, 1.165) is 52.8 Å². The predicted molar refractivity (Wildman–Crippen MR) is 116 cm³/mol. The summed E-state index contributed by atoms with van der Waals surface area (Å²) in [5.41, 5.74) is 6.40. The third kappa shape index (κ3) is 2.80. The number of H-pyrrole nitrogens is 1. The second kappa shape index (κ2) is 7.40. The van der Waals surface area contributed by atoms with Crippen LogP contribution in [-0.2, 0) is 13.0 Å². The van der Waals surface area contributed by atoms with Gasteiger partial charge >= 0.3 is 0 Å². The van der Waals surface area contributed by atoms with Crippen LogP contribution in [0.3, 0.4) is 0 Å². The van der Waals surface area contributed by atoms with Crippen molar-refractivity contribution < 1.29 is 14.2 Å². The Hall–Kier alpha value is -2.93. The number of rotatable bonds is 4. The fraction of sp³-hybridized carbons (Fsp3) is 0.391. The zero-order valence-corrected chi connectivity index (χ0v) is 17.9. The van der Waals surface area contributed by atoms with Gasteiger partial charge in [0.2, 0.25) is 5.88 Å². The summed E-state index contributed by atoms with van der Waals surface area (Å²) >= 11 is 0. The molecule has 2 N–H and O–H groups in total. The van der Waals surface area contributed by atoms with E-state index in [1.165, 1.54) is 6.07 Å². The van der Waals surface area contributed by atoms with Gasteiger partial charge in [-0.2, -0.15) is 0 Å². The number of nitrogens with one attached hydrogen (secondary N) is 1. The number of aryl methyl sites for hydroxylation is 1. The number of nitrogens with zero attached hydrogens (tertiary/aromatic N) is 2. The number of methoxy groups -OCH3 is 1. The van der Waals surface area contributed by atoms with Crippen LogP contribution in [0.2, 0.25) is 0 Å². The molecular weight excluding hydrogens is 385 g/mol. The minimum absolute atomic E-state index is 0.0107. The first-order chi connectivity index (χ1) is 14.3. The van der Waals surface area contributed by atoms with E-state index >= 15 is 0 Å². The number of aromatic amines is 1. The first kappa shape index (κ1) is 20.3. The maximum absolute atomic E-state index is 14.8. The molecule has 6 nitrogen and oxygen atoms in total. The maximum atomic E-state index is 14.8. The monoisotopic (exact) mass is 411 g/mol. The number of fused-ring (bicyclic) bond motifs is 3. The minimum Gasteiger partial charge on any atom is -0.496 e. The summed E-state index contributed by atoms with van der Waals surface area (Å²) in [6.07, 6.45) is 0.774. The number of aromatic nitrogens is 1. The Labute approximate surface area is 174 Å². The lowest BCUT2D eigenvalue weighted by Crippen LogP contribution is -2.31. The number of ether oxygens (including phenoxy) is 1. The number of hydrogen-bond acceptors (Lipinski definition) is 5. The molecule has 158 valence electrons. The van der Waals surface area contributed by atoms with Gasteiger partial charge in [0.15, 0.2) is 5.69 Å². The van der Waals surface area contributed by atoms with Crippen molar-refractivity contribution in [2.75, 3.05) is 20.2 Å². The van der Waals surface area contributed by atoms with Crippen LogP contribution in [0.4, 0.5) is 10.1 Å². The van der Waals surface area contributed by atoms with E-state index in [1.54, 1.807) is 14.0 Å². The summed E-state index contributed by atoms with van der Waals surface area (Å²) in [7, 11) is 1.59. The van der Waals surface area contributed by atoms with E-state index in [9.17, 15) is 14.4 Å². The van der Waals surface area contributed by atoms with Crippen LogP contribution in [0.25, 0.3) is 22.0 Å². The highest BCUT2D eigenvalue weighted by molar-refractivity contribution is 6.04. The fourth-order valence-electron chi connectivity index (χ4n) is 4.77. The van der Waals surface area contributed by atoms with Crippen molar-refractivity contribution in [2.24, 2.45) is 5.18 Å². The van der Waals surface area contributed by atoms with Crippen LogP contribution in [-0.4, -0.2) is 35.2 Å². The summed E-state index contributed by atoms with van der Waals surface area (Å²) in [6, 6.07) is 1.52. The lowest BCUT2D eigenvalue weighted by Gasteiger charge is -2.31. The van der Waals surface area contributed by atoms with Gasteiger partial charge in [0.05, 0.1) is 12.6 Å². The van der Waals surface area contributed by atoms with Crippen LogP contribution in [0, 0.1) is 31.5 Å². The Bertz CT molecular complexity index is 1180. The molecule has 0 atom stereocenters. The van der Waals surface area contributed by atoms with Crippen LogP contribution in [0.5, 0.6) is 11.6 Å². The van der Waals surface area contributed by atoms with Gasteiger partial charge < -0.3 is 14.8 Å². The average Bonchev–Trinajstić information content (AvgIpc) is 3.08. The summed E-state index contributed by atoms with van der Waals surface area (Å²) in [5.74, 6) is 0.0827. The first-order valence-corrected chi connectivity index (χ1v) is 10.1. The van der Waals surface area contributed by atoms with Crippen LogP contribution < -0.4 is 4.74 Å². The highest BCUT2D eigenvalue weighted by Gasteiger charge is 2.29. The molecule has 1 aromatic heterocycles. The van der Waals surface area contributed by atoms with Crippen molar-refractivity contribution in [3.05, 3.63) is 44.6 Å². The molecule has 7 heteroatoms. The van der Waals surface area contributed by atoms with Gasteiger partial charge in [-0.25, -0.2) is 4.39 Å². The molecule has 0 fully saturated rings. The normalized spacial score (nSPS) is 14.2. The van der Waals surface area contributed by atoms with Crippen molar-refractivity contribution in [3.63, 3.8) is 0 Å². The summed E-state index contributed by atoms with van der Waals surface area (Å²) < 4.78 is 20.5. The van der Waals surface area contributed by atoms with Crippen molar-refractivity contribution in [2.45, 2.75) is 40.7 Å². The molecule has 0 saturated heterocycles. The number of hydrogen-bond donors (Lipinski definition) is 2. The van der Waals surface area contributed by atoms with Gasteiger partial charge in [0.1, 0.15) is 11.6 Å². The second-order valence-corrected chi connectivity index (χ2v) is 7.93. The van der Waals surface area contributed by atoms with E-state index in [0.29, 0.717) is 28.8 Å². The van der Waals surface area contributed by atoms with Gasteiger partial charge in [0, 0.05) is 24.0 Å². The van der Waals surface area contributed by atoms with Gasteiger partial charge in [-0.1, -0.05) is 6.92 Å². The third-order valence-electron chi connectivity index (χ3n) is 6.52. The van der Waals surface area contributed by atoms with Gasteiger partial charge in [-0.05, 0) is 78.4 Å². The molecule has 3 aromatic rings. The largest absolute Gasteiger partial charge is 0.496 e. The molecule has 1 aliphatic rings. The Morgan fingerprint density at radius 1 is 1.23 bits per heavy atom. The van der Waals surface area contributed by atoms with Crippen molar-refractivity contribution in [1.82, 2.24) is 9.88 Å². The number of nitroso groups, excluding NO2 is 1. The standard InChI is InChI=1S/C23H26FN3O3/c1-6-27-8-7-14-16(10-27)20-19(21(26-29)23(28)25-20)13(4)18(14)15-9-17(24)11(2)12(3)22(15)30-5/h9,25,28H,6-8,10H2,1-5H3. The van der Waals surface area contributed by atoms with E-state index < -0.39 is 0 Å². The molecule has 0 aliphatic carbocycles. The molecule has 2 aromatic carbocycles. The Kier molecular flexibility index (Phi) is 5.02. The molecular formula is C23H26FN3O3. The van der Waals surface area contributed by atoms with Crippen molar-refractivity contribution >= 4 is 16.6 Å². The lowest BCUT2D eigenvalue weighted by atomic mass is 9.83. The van der Waals surface area contributed by atoms with E-state index in [4.69, 9.17) is 4.74 Å². The zero-order chi connectivity index (χ0) is 21.7. The second-order valence-electron chi connectivity index (χ2n) is 7.93. The highest BCUT2D eigenvalue weighted by atomic mass is 19.1. The molecule has 0 saturated carbocycles. The molecule has 0 bridgehead atoms. The smallest absolute Gasteiger partial charge is 0.219 e. The number of halogens is 1. The molecule has 0 unspecified atom stereocenters. The van der Waals surface area contributed by atoms with Gasteiger partial charge in [-0.15, -0.1) is 4.91 Å². The number of aromatic hydroxyl groups is 1. The Morgan fingerprint density at radius 2 is 1.97 bits per heavy atom. The predicted octanol–water partition coefficient (Wildman–Crippen LogP) is 5.39. The van der Waals surface area contributed by atoms with Gasteiger partial charge in [0.25, 0.3) is 0 Å².